The number of nitrogens with zero attached hydrogens (tertiary/aromatic N) is 1. The molecular formula is C18H21NO3. The van der Waals surface area contributed by atoms with E-state index >= 15 is 0 Å². The van der Waals surface area contributed by atoms with Crippen LogP contribution in [0.1, 0.15) is 24.5 Å². The van der Waals surface area contributed by atoms with Gasteiger partial charge in [0.25, 0.3) is 0 Å². The van der Waals surface area contributed by atoms with Crippen LogP contribution in [0.15, 0.2) is 42.5 Å². The number of carboxylic acids is 1. The highest BCUT2D eigenvalue weighted by molar-refractivity contribution is 5.83. The van der Waals surface area contributed by atoms with Crippen molar-refractivity contribution in [3.8, 4) is 0 Å². The lowest BCUT2D eigenvalue weighted by Crippen LogP contribution is -2.38. The summed E-state index contributed by atoms with van der Waals surface area (Å²) in [5.41, 5.74) is 0.916. The van der Waals surface area contributed by atoms with Crippen LogP contribution in [0.3, 0.4) is 0 Å². The molecule has 0 spiro atoms. The van der Waals surface area contributed by atoms with E-state index in [9.17, 15) is 9.90 Å². The Hall–Kier alpha value is -1.91. The number of aliphatic carboxylic acids is 1. The van der Waals surface area contributed by atoms with Gasteiger partial charge in [0.05, 0.1) is 12.0 Å². The predicted molar refractivity (Wildman–Crippen MR) is 85.7 cm³/mol. The third kappa shape index (κ3) is 3.29. The quantitative estimate of drug-likeness (QED) is 0.911. The van der Waals surface area contributed by atoms with Crippen LogP contribution >= 0.6 is 0 Å². The number of hydrogen-bond acceptors (Lipinski definition) is 3. The molecule has 0 bridgehead atoms. The van der Waals surface area contributed by atoms with Crippen molar-refractivity contribution in [1.82, 2.24) is 4.90 Å². The van der Waals surface area contributed by atoms with E-state index in [1.807, 2.05) is 36.4 Å². The van der Waals surface area contributed by atoms with Crippen molar-refractivity contribution >= 4 is 16.7 Å². The largest absolute Gasteiger partial charge is 0.481 e. The minimum absolute atomic E-state index is 0.228. The Kier molecular flexibility index (Phi) is 4.41. The molecule has 1 heterocycles. The van der Waals surface area contributed by atoms with E-state index in [4.69, 9.17) is 5.11 Å². The van der Waals surface area contributed by atoms with Gasteiger partial charge in [0.1, 0.15) is 0 Å². The summed E-state index contributed by atoms with van der Waals surface area (Å²) in [6, 6.07) is 14.1. The Bertz CT molecular complexity index is 662. The molecule has 0 aliphatic carbocycles. The lowest BCUT2D eigenvalue weighted by atomic mass is 9.96. The number of carboxylic acid groups (broad SMARTS) is 1. The van der Waals surface area contributed by atoms with Crippen LogP contribution in [-0.4, -0.2) is 40.7 Å². The first-order chi connectivity index (χ1) is 10.6. The number of aliphatic hydroxyl groups excluding tert-OH is 1. The topological polar surface area (TPSA) is 60.8 Å². The molecule has 3 rings (SSSR count). The van der Waals surface area contributed by atoms with Crippen LogP contribution in [0.4, 0.5) is 0 Å². The normalized spacial score (nSPS) is 18.4. The second kappa shape index (κ2) is 6.46. The van der Waals surface area contributed by atoms with Gasteiger partial charge in [-0.25, -0.2) is 0 Å². The highest BCUT2D eigenvalue weighted by atomic mass is 16.4. The average molecular weight is 299 g/mol. The fourth-order valence-corrected chi connectivity index (χ4v) is 3.13. The molecule has 1 unspecified atom stereocenters. The van der Waals surface area contributed by atoms with Crippen molar-refractivity contribution < 1.29 is 15.0 Å². The zero-order valence-corrected chi connectivity index (χ0v) is 12.5. The zero-order chi connectivity index (χ0) is 15.5. The van der Waals surface area contributed by atoms with E-state index in [1.54, 1.807) is 0 Å². The van der Waals surface area contributed by atoms with Crippen LogP contribution in [-0.2, 0) is 4.79 Å². The number of aliphatic hydroxyl groups is 1. The molecule has 0 aromatic heterocycles. The van der Waals surface area contributed by atoms with Gasteiger partial charge in [-0.05, 0) is 48.3 Å². The standard InChI is InChI=1S/C18H21NO3/c20-17(12-19-9-7-14(8-10-19)18(21)22)16-6-5-13-3-1-2-4-15(13)11-16/h1-6,11,14,17,20H,7-10,12H2,(H,21,22). The summed E-state index contributed by atoms with van der Waals surface area (Å²) >= 11 is 0. The molecule has 2 aromatic rings. The molecule has 116 valence electrons. The van der Waals surface area contributed by atoms with Gasteiger partial charge in [-0.1, -0.05) is 36.4 Å². The molecule has 1 saturated heterocycles. The number of likely N-dealkylation sites (tertiary alicyclic amines) is 1. The number of fused-ring (bicyclic) bond motifs is 1. The molecule has 4 nitrogen and oxygen atoms in total. The fourth-order valence-electron chi connectivity index (χ4n) is 3.13. The first-order valence-electron chi connectivity index (χ1n) is 7.75. The average Bonchev–Trinajstić information content (AvgIpc) is 2.55. The molecule has 1 aliphatic rings. The SMILES string of the molecule is O=C(O)C1CCN(CC(O)c2ccc3ccccc3c2)CC1. The van der Waals surface area contributed by atoms with Crippen LogP contribution in [0, 0.1) is 5.92 Å². The lowest BCUT2D eigenvalue weighted by Gasteiger charge is -2.31. The third-order valence-electron chi connectivity index (χ3n) is 4.53. The molecular weight excluding hydrogens is 278 g/mol. The van der Waals surface area contributed by atoms with Gasteiger partial charge >= 0.3 is 5.97 Å². The Morgan fingerprint density at radius 2 is 1.82 bits per heavy atom. The van der Waals surface area contributed by atoms with Crippen molar-refractivity contribution in [3.63, 3.8) is 0 Å². The minimum atomic E-state index is -0.699. The number of piperidine rings is 1. The maximum atomic E-state index is 11.0. The molecule has 2 N–H and O–H groups in total. The van der Waals surface area contributed by atoms with E-state index in [0.29, 0.717) is 19.4 Å². The molecule has 0 saturated carbocycles. The van der Waals surface area contributed by atoms with Gasteiger partial charge < -0.3 is 15.1 Å². The summed E-state index contributed by atoms with van der Waals surface area (Å²) in [4.78, 5) is 13.1. The molecule has 1 fully saturated rings. The minimum Gasteiger partial charge on any atom is -0.481 e. The van der Waals surface area contributed by atoms with E-state index in [1.165, 1.54) is 5.39 Å². The van der Waals surface area contributed by atoms with E-state index < -0.39 is 12.1 Å². The fraction of sp³-hybridized carbons (Fsp3) is 0.389. The van der Waals surface area contributed by atoms with E-state index in [2.05, 4.69) is 11.0 Å². The number of carbonyl (C=O) groups is 1. The number of β-amino-alcohol motifs (C(OH)–C–C–N with tert-alkyl or cyclic N) is 1. The van der Waals surface area contributed by atoms with E-state index in [0.717, 1.165) is 24.0 Å². The molecule has 0 amide bonds. The Morgan fingerprint density at radius 1 is 1.14 bits per heavy atom. The van der Waals surface area contributed by atoms with Crippen molar-refractivity contribution in [3.05, 3.63) is 48.0 Å². The highest BCUT2D eigenvalue weighted by Crippen LogP contribution is 2.23. The van der Waals surface area contributed by atoms with Gasteiger partial charge in [-0.15, -0.1) is 0 Å². The van der Waals surface area contributed by atoms with Gasteiger partial charge in [0.2, 0.25) is 0 Å². The maximum absolute atomic E-state index is 11.0. The molecule has 1 aliphatic heterocycles. The highest BCUT2D eigenvalue weighted by Gasteiger charge is 2.25. The Balaban J connectivity index is 1.63. The third-order valence-corrected chi connectivity index (χ3v) is 4.53. The van der Waals surface area contributed by atoms with Gasteiger partial charge in [0, 0.05) is 6.54 Å². The molecule has 4 heteroatoms. The number of rotatable bonds is 4. The summed E-state index contributed by atoms with van der Waals surface area (Å²) in [7, 11) is 0. The first-order valence-corrected chi connectivity index (χ1v) is 7.75. The first kappa shape index (κ1) is 15.0. The Morgan fingerprint density at radius 3 is 2.50 bits per heavy atom. The van der Waals surface area contributed by atoms with Gasteiger partial charge in [-0.2, -0.15) is 0 Å². The smallest absolute Gasteiger partial charge is 0.306 e. The summed E-state index contributed by atoms with van der Waals surface area (Å²) in [6.07, 6.45) is 0.797. The van der Waals surface area contributed by atoms with Crippen molar-refractivity contribution in [2.24, 2.45) is 5.92 Å². The second-order valence-electron chi connectivity index (χ2n) is 6.04. The summed E-state index contributed by atoms with van der Waals surface area (Å²) in [5.74, 6) is -0.927. The second-order valence-corrected chi connectivity index (χ2v) is 6.04. The summed E-state index contributed by atoms with van der Waals surface area (Å²) in [6.45, 7) is 2.04. The van der Waals surface area contributed by atoms with Crippen LogP contribution in [0.5, 0.6) is 0 Å². The van der Waals surface area contributed by atoms with Crippen molar-refractivity contribution in [1.29, 1.82) is 0 Å². The number of benzene rings is 2. The zero-order valence-electron chi connectivity index (χ0n) is 12.5. The summed E-state index contributed by atoms with van der Waals surface area (Å²) in [5, 5.41) is 21.8. The van der Waals surface area contributed by atoms with Gasteiger partial charge in [0.15, 0.2) is 0 Å². The molecule has 22 heavy (non-hydrogen) atoms. The molecule has 1 atom stereocenters. The van der Waals surface area contributed by atoms with Gasteiger partial charge in [-0.3, -0.25) is 4.79 Å². The van der Waals surface area contributed by atoms with Crippen molar-refractivity contribution in [2.45, 2.75) is 18.9 Å². The van der Waals surface area contributed by atoms with E-state index in [-0.39, 0.29) is 5.92 Å². The predicted octanol–water partition coefficient (Wildman–Crippen LogP) is 2.67. The van der Waals surface area contributed by atoms with Crippen molar-refractivity contribution in [2.75, 3.05) is 19.6 Å². The summed E-state index contributed by atoms with van der Waals surface area (Å²) < 4.78 is 0. The van der Waals surface area contributed by atoms with Crippen LogP contribution in [0.25, 0.3) is 10.8 Å². The molecule has 2 aromatic carbocycles. The maximum Gasteiger partial charge on any atom is 0.306 e. The Labute approximate surface area is 130 Å². The number of hydrogen-bond donors (Lipinski definition) is 2. The van der Waals surface area contributed by atoms with Crippen LogP contribution < -0.4 is 0 Å². The monoisotopic (exact) mass is 299 g/mol. The lowest BCUT2D eigenvalue weighted by molar-refractivity contribution is -0.143. The van der Waals surface area contributed by atoms with Crippen LogP contribution in [0.2, 0.25) is 0 Å². The molecule has 0 radical (unpaired) electrons.